The Morgan fingerprint density at radius 2 is 1.61 bits per heavy atom. The maximum atomic E-state index is 12.9. The third-order valence-corrected chi connectivity index (χ3v) is 5.43. The van der Waals surface area contributed by atoms with Crippen LogP contribution in [-0.2, 0) is 0 Å². The molecule has 0 aliphatic carbocycles. The minimum atomic E-state index is -0.564. The summed E-state index contributed by atoms with van der Waals surface area (Å²) in [7, 11) is 4.64. The van der Waals surface area contributed by atoms with Gasteiger partial charge < -0.3 is 23.7 Å². The average molecular weight is 465 g/mol. The molecule has 33 heavy (non-hydrogen) atoms. The van der Waals surface area contributed by atoms with Crippen molar-refractivity contribution < 1.29 is 23.7 Å². The van der Waals surface area contributed by atoms with E-state index in [9.17, 15) is 9.90 Å². The monoisotopic (exact) mass is 464 g/mol. The van der Waals surface area contributed by atoms with Crippen molar-refractivity contribution >= 4 is 34.7 Å². The van der Waals surface area contributed by atoms with Crippen LogP contribution in [-0.4, -0.2) is 26.4 Å². The van der Waals surface area contributed by atoms with E-state index in [1.807, 2.05) is 36.4 Å². The van der Waals surface area contributed by atoms with Crippen LogP contribution in [0.5, 0.6) is 23.0 Å². The summed E-state index contributed by atoms with van der Waals surface area (Å²) in [6, 6.07) is 15.5. The lowest BCUT2D eigenvalue weighted by Gasteiger charge is -2.15. The van der Waals surface area contributed by atoms with Gasteiger partial charge in [0.25, 0.3) is 0 Å². The van der Waals surface area contributed by atoms with Crippen LogP contribution in [0.4, 0.5) is 0 Å². The third-order valence-electron chi connectivity index (χ3n) is 5.19. The van der Waals surface area contributed by atoms with Gasteiger partial charge in [0.1, 0.15) is 22.8 Å². The van der Waals surface area contributed by atoms with Gasteiger partial charge in [-0.05, 0) is 41.5 Å². The van der Waals surface area contributed by atoms with E-state index in [0.29, 0.717) is 27.6 Å². The van der Waals surface area contributed by atoms with E-state index >= 15 is 0 Å². The van der Waals surface area contributed by atoms with Crippen molar-refractivity contribution in [2.75, 3.05) is 21.3 Å². The summed E-state index contributed by atoms with van der Waals surface area (Å²) in [5.74, 6) is 1.10. The van der Waals surface area contributed by atoms with E-state index in [-0.39, 0.29) is 16.7 Å². The molecular weight excluding hydrogens is 444 g/mol. The number of rotatable bonds is 6. The molecule has 0 unspecified atom stereocenters. The number of methoxy groups -OCH3 is 3. The summed E-state index contributed by atoms with van der Waals surface area (Å²) in [4.78, 5) is 12.9. The molecule has 168 valence electrons. The first-order valence-corrected chi connectivity index (χ1v) is 10.4. The highest BCUT2D eigenvalue weighted by Gasteiger charge is 2.22. The van der Waals surface area contributed by atoms with E-state index < -0.39 is 11.2 Å². The highest BCUT2D eigenvalue weighted by molar-refractivity contribution is 6.31. The molecule has 1 aromatic heterocycles. The maximum Gasteiger partial charge on any atom is 0.235 e. The molecule has 4 rings (SSSR count). The topological polar surface area (TPSA) is 78.1 Å². The molecular formula is C26H21ClO6. The summed E-state index contributed by atoms with van der Waals surface area (Å²) in [6.45, 7) is 0. The van der Waals surface area contributed by atoms with Crippen molar-refractivity contribution in [3.63, 3.8) is 0 Å². The zero-order valence-corrected chi connectivity index (χ0v) is 19.0. The number of benzene rings is 3. The zero-order valence-electron chi connectivity index (χ0n) is 18.2. The molecule has 0 saturated heterocycles. The molecule has 6 nitrogen and oxygen atoms in total. The fourth-order valence-electron chi connectivity index (χ4n) is 3.49. The van der Waals surface area contributed by atoms with Crippen LogP contribution in [0.25, 0.3) is 34.4 Å². The lowest BCUT2D eigenvalue weighted by atomic mass is 10.00. The maximum absolute atomic E-state index is 12.9. The molecule has 0 fully saturated rings. The highest BCUT2D eigenvalue weighted by Crippen LogP contribution is 2.42. The first-order chi connectivity index (χ1) is 15.9. The lowest BCUT2D eigenvalue weighted by molar-refractivity contribution is 0.393. The quantitative estimate of drug-likeness (QED) is 0.352. The molecule has 7 heteroatoms. The molecule has 0 saturated carbocycles. The second kappa shape index (κ2) is 9.30. The third kappa shape index (κ3) is 4.38. The Morgan fingerprint density at radius 1 is 0.879 bits per heavy atom. The van der Waals surface area contributed by atoms with Crippen LogP contribution >= 0.6 is 11.6 Å². The Morgan fingerprint density at radius 3 is 2.27 bits per heavy atom. The number of ether oxygens (including phenoxy) is 3. The molecule has 1 N–H and O–H groups in total. The summed E-state index contributed by atoms with van der Waals surface area (Å²) >= 11 is 6.09. The number of fused-ring (bicyclic) bond motifs is 1. The SMILES string of the molecule is COc1ccc(/C=C/c2cc(OC)cc(OC)c2-c2oc3cc(Cl)ccc3c(=O)c2O)cc1. The van der Waals surface area contributed by atoms with Crippen LogP contribution in [0, 0.1) is 0 Å². The fourth-order valence-corrected chi connectivity index (χ4v) is 3.65. The zero-order chi connectivity index (χ0) is 23.5. The Bertz CT molecular complexity index is 1400. The number of halogens is 1. The largest absolute Gasteiger partial charge is 0.502 e. The molecule has 3 aromatic carbocycles. The summed E-state index contributed by atoms with van der Waals surface area (Å²) in [5.41, 5.74) is 1.62. The van der Waals surface area contributed by atoms with Gasteiger partial charge in [-0.3, -0.25) is 4.79 Å². The summed E-state index contributed by atoms with van der Waals surface area (Å²) in [6.07, 6.45) is 3.70. The van der Waals surface area contributed by atoms with Crippen molar-refractivity contribution in [2.24, 2.45) is 0 Å². The standard InChI is InChI=1S/C26H21ClO6/c1-30-18-9-5-15(6-10-18)4-7-16-12-19(31-2)14-22(32-3)23(16)26-25(29)24(28)20-11-8-17(27)13-21(20)33-26/h4-14,29H,1-3H3/b7-4+. The lowest BCUT2D eigenvalue weighted by Crippen LogP contribution is -2.04. The smallest absolute Gasteiger partial charge is 0.235 e. The first kappa shape index (κ1) is 22.3. The molecule has 4 aromatic rings. The van der Waals surface area contributed by atoms with Crippen LogP contribution in [0.2, 0.25) is 5.02 Å². The molecule has 0 bridgehead atoms. The van der Waals surface area contributed by atoms with Crippen LogP contribution in [0.3, 0.4) is 0 Å². The molecule has 1 heterocycles. The van der Waals surface area contributed by atoms with Gasteiger partial charge in [0.05, 0.1) is 32.3 Å². The minimum absolute atomic E-state index is 0.0244. The van der Waals surface area contributed by atoms with Gasteiger partial charge in [-0.15, -0.1) is 0 Å². The Balaban J connectivity index is 1.95. The van der Waals surface area contributed by atoms with E-state index in [1.165, 1.54) is 19.2 Å². The molecule has 0 spiro atoms. The molecule has 0 atom stereocenters. The van der Waals surface area contributed by atoms with Crippen LogP contribution in [0.1, 0.15) is 11.1 Å². The van der Waals surface area contributed by atoms with Gasteiger partial charge in [-0.1, -0.05) is 35.9 Å². The second-order valence-corrected chi connectivity index (χ2v) is 7.59. The Kier molecular flexibility index (Phi) is 6.29. The van der Waals surface area contributed by atoms with E-state index in [4.69, 9.17) is 30.2 Å². The molecule has 0 aliphatic heterocycles. The minimum Gasteiger partial charge on any atom is -0.502 e. The number of hydrogen-bond acceptors (Lipinski definition) is 6. The fraction of sp³-hybridized carbons (Fsp3) is 0.115. The van der Waals surface area contributed by atoms with Gasteiger partial charge in [-0.2, -0.15) is 0 Å². The predicted molar refractivity (Wildman–Crippen MR) is 130 cm³/mol. The molecule has 0 aliphatic rings. The Hall–Kier alpha value is -3.90. The van der Waals surface area contributed by atoms with E-state index in [0.717, 1.165) is 11.3 Å². The second-order valence-electron chi connectivity index (χ2n) is 7.15. The van der Waals surface area contributed by atoms with Gasteiger partial charge in [-0.25, -0.2) is 0 Å². The number of hydrogen-bond donors (Lipinski definition) is 1. The first-order valence-electron chi connectivity index (χ1n) is 9.99. The highest BCUT2D eigenvalue weighted by atomic mass is 35.5. The van der Waals surface area contributed by atoms with Crippen molar-refractivity contribution in [1.29, 1.82) is 0 Å². The molecule has 0 radical (unpaired) electrons. The van der Waals surface area contributed by atoms with Gasteiger partial charge in [0.15, 0.2) is 5.76 Å². The summed E-state index contributed by atoms with van der Waals surface area (Å²) < 4.78 is 22.1. The normalized spacial score (nSPS) is 11.2. The van der Waals surface area contributed by atoms with Crippen LogP contribution < -0.4 is 19.6 Å². The average Bonchev–Trinajstić information content (AvgIpc) is 2.84. The van der Waals surface area contributed by atoms with Gasteiger partial charge in [0, 0.05) is 17.2 Å². The predicted octanol–water partition coefficient (Wildman–Crippen LogP) is 6.02. The van der Waals surface area contributed by atoms with Crippen LogP contribution in [0.15, 0.2) is 63.8 Å². The van der Waals surface area contributed by atoms with Gasteiger partial charge in [0.2, 0.25) is 11.2 Å². The van der Waals surface area contributed by atoms with Crippen molar-refractivity contribution in [3.8, 4) is 34.3 Å². The summed E-state index contributed by atoms with van der Waals surface area (Å²) in [5, 5.41) is 11.4. The van der Waals surface area contributed by atoms with Gasteiger partial charge >= 0.3 is 0 Å². The van der Waals surface area contributed by atoms with Crippen molar-refractivity contribution in [1.82, 2.24) is 0 Å². The van der Waals surface area contributed by atoms with Crippen molar-refractivity contribution in [3.05, 3.63) is 81.0 Å². The Labute approximate surface area is 195 Å². The van der Waals surface area contributed by atoms with Crippen molar-refractivity contribution in [2.45, 2.75) is 0 Å². The number of aromatic hydroxyl groups is 1. The van der Waals surface area contributed by atoms with E-state index in [2.05, 4.69) is 0 Å². The van der Waals surface area contributed by atoms with E-state index in [1.54, 1.807) is 32.4 Å². The molecule has 0 amide bonds.